The Morgan fingerprint density at radius 1 is 1.14 bits per heavy atom. The van der Waals surface area contributed by atoms with Crippen molar-refractivity contribution in [3.05, 3.63) is 88.3 Å². The lowest BCUT2D eigenvalue weighted by molar-refractivity contribution is -0.145. The van der Waals surface area contributed by atoms with Crippen molar-refractivity contribution in [3.8, 4) is 0 Å². The van der Waals surface area contributed by atoms with E-state index in [2.05, 4.69) is 0 Å². The molecule has 4 nitrogen and oxygen atoms in total. The van der Waals surface area contributed by atoms with Crippen LogP contribution in [-0.2, 0) is 16.0 Å². The first-order valence-corrected chi connectivity index (χ1v) is 9.95. The Morgan fingerprint density at radius 3 is 2.36 bits per heavy atom. The number of aliphatic carboxylic acids is 1. The van der Waals surface area contributed by atoms with Crippen LogP contribution in [0.1, 0.15) is 18.1 Å². The molecule has 28 heavy (non-hydrogen) atoms. The zero-order valence-electron chi connectivity index (χ0n) is 15.2. The lowest BCUT2D eigenvalue weighted by atomic mass is 10.0. The summed E-state index contributed by atoms with van der Waals surface area (Å²) < 4.78 is 0.270. The minimum absolute atomic E-state index is 0.203. The van der Waals surface area contributed by atoms with Crippen molar-refractivity contribution in [2.75, 3.05) is 0 Å². The minimum atomic E-state index is -1.07. The summed E-state index contributed by atoms with van der Waals surface area (Å²) in [6.07, 6.45) is 3.92. The molecule has 0 bridgehead atoms. The molecule has 1 saturated heterocycles. The summed E-state index contributed by atoms with van der Waals surface area (Å²) in [7, 11) is 0. The first kappa shape index (κ1) is 20.0. The molecular formula is C22H19NO3S2. The summed E-state index contributed by atoms with van der Waals surface area (Å²) in [6, 6.07) is 18.0. The Bertz CT molecular complexity index is 952. The summed E-state index contributed by atoms with van der Waals surface area (Å²) in [6.45, 7) is 1.90. The number of amides is 1. The van der Waals surface area contributed by atoms with Crippen LogP contribution in [0.5, 0.6) is 0 Å². The maximum Gasteiger partial charge on any atom is 0.327 e. The molecule has 0 saturated carbocycles. The molecule has 1 N–H and O–H groups in total. The number of hydrogen-bond donors (Lipinski definition) is 1. The van der Waals surface area contributed by atoms with Gasteiger partial charge in [-0.1, -0.05) is 90.7 Å². The molecule has 1 atom stereocenters. The number of carboxylic acid groups (broad SMARTS) is 1. The Balaban J connectivity index is 1.83. The normalized spacial score (nSPS) is 17.2. The number of benzene rings is 2. The van der Waals surface area contributed by atoms with E-state index in [1.807, 2.05) is 73.7 Å². The average molecular weight is 410 g/mol. The lowest BCUT2D eigenvalue weighted by Crippen LogP contribution is -2.45. The molecule has 0 aliphatic carbocycles. The van der Waals surface area contributed by atoms with Crippen LogP contribution in [0.25, 0.3) is 6.08 Å². The fourth-order valence-corrected chi connectivity index (χ4v) is 4.34. The Labute approximate surface area is 173 Å². The van der Waals surface area contributed by atoms with E-state index in [1.165, 1.54) is 4.90 Å². The van der Waals surface area contributed by atoms with E-state index < -0.39 is 12.0 Å². The van der Waals surface area contributed by atoms with Gasteiger partial charge in [-0.05, 0) is 29.7 Å². The van der Waals surface area contributed by atoms with Crippen molar-refractivity contribution in [1.29, 1.82) is 0 Å². The zero-order valence-corrected chi connectivity index (χ0v) is 16.9. The SMILES string of the molecule is CC(=Cc1ccccc1)C=C1SC(=S)N(C(Cc2ccccc2)C(=O)O)C1=O. The monoisotopic (exact) mass is 409 g/mol. The highest BCUT2D eigenvalue weighted by Crippen LogP contribution is 2.34. The predicted octanol–water partition coefficient (Wildman–Crippen LogP) is 4.53. The quantitative estimate of drug-likeness (QED) is 0.561. The van der Waals surface area contributed by atoms with Crippen LogP contribution in [0.4, 0.5) is 0 Å². The van der Waals surface area contributed by atoms with Gasteiger partial charge in [0, 0.05) is 6.42 Å². The molecule has 1 aliphatic rings. The summed E-state index contributed by atoms with van der Waals surface area (Å²) >= 11 is 6.48. The molecule has 1 amide bonds. The van der Waals surface area contributed by atoms with Crippen molar-refractivity contribution in [2.45, 2.75) is 19.4 Å². The highest BCUT2D eigenvalue weighted by molar-refractivity contribution is 8.26. The van der Waals surface area contributed by atoms with E-state index in [0.717, 1.165) is 28.5 Å². The van der Waals surface area contributed by atoms with Gasteiger partial charge in [0.05, 0.1) is 4.91 Å². The van der Waals surface area contributed by atoms with Crippen molar-refractivity contribution >= 4 is 46.3 Å². The number of thiocarbonyl (C=S) groups is 1. The van der Waals surface area contributed by atoms with Gasteiger partial charge in [-0.25, -0.2) is 4.79 Å². The standard InChI is InChI=1S/C22H19NO3S2/c1-15(12-16-8-4-2-5-9-16)13-19-20(24)23(22(27)28-19)18(21(25)26)14-17-10-6-3-7-11-17/h2-13,18H,14H2,1H3,(H,25,26). The Kier molecular flexibility index (Phi) is 6.44. The fraction of sp³-hybridized carbons (Fsp3) is 0.136. The second-order valence-electron chi connectivity index (χ2n) is 6.39. The van der Waals surface area contributed by atoms with Crippen LogP contribution in [0.2, 0.25) is 0 Å². The van der Waals surface area contributed by atoms with Gasteiger partial charge in [-0.2, -0.15) is 0 Å². The second kappa shape index (κ2) is 8.99. The van der Waals surface area contributed by atoms with Crippen molar-refractivity contribution in [1.82, 2.24) is 4.90 Å². The topological polar surface area (TPSA) is 57.6 Å². The summed E-state index contributed by atoms with van der Waals surface area (Å²) in [5.41, 5.74) is 2.76. The zero-order chi connectivity index (χ0) is 20.1. The van der Waals surface area contributed by atoms with Gasteiger partial charge in [0.2, 0.25) is 0 Å². The first-order chi connectivity index (χ1) is 13.5. The summed E-state index contributed by atoms with van der Waals surface area (Å²) in [4.78, 5) is 26.4. The molecule has 1 fully saturated rings. The van der Waals surface area contributed by atoms with E-state index in [1.54, 1.807) is 6.08 Å². The number of thioether (sulfide) groups is 1. The van der Waals surface area contributed by atoms with Crippen LogP contribution in [0, 0.1) is 0 Å². The lowest BCUT2D eigenvalue weighted by Gasteiger charge is -2.23. The van der Waals surface area contributed by atoms with Gasteiger partial charge in [-0.3, -0.25) is 9.69 Å². The number of rotatable bonds is 6. The molecule has 1 unspecified atom stereocenters. The molecule has 0 aromatic heterocycles. The largest absolute Gasteiger partial charge is 0.480 e. The van der Waals surface area contributed by atoms with Crippen LogP contribution < -0.4 is 0 Å². The van der Waals surface area contributed by atoms with E-state index in [9.17, 15) is 14.7 Å². The summed E-state index contributed by atoms with van der Waals surface area (Å²) in [5, 5.41) is 9.70. The van der Waals surface area contributed by atoms with Gasteiger partial charge in [0.25, 0.3) is 5.91 Å². The maximum absolute atomic E-state index is 12.9. The third-order valence-electron chi connectivity index (χ3n) is 4.24. The fourth-order valence-electron chi connectivity index (χ4n) is 2.94. The van der Waals surface area contributed by atoms with E-state index in [0.29, 0.717) is 4.91 Å². The number of hydrogen-bond acceptors (Lipinski definition) is 4. The molecule has 0 radical (unpaired) electrons. The van der Waals surface area contributed by atoms with Crippen LogP contribution in [0.3, 0.4) is 0 Å². The van der Waals surface area contributed by atoms with E-state index in [4.69, 9.17) is 12.2 Å². The van der Waals surface area contributed by atoms with Gasteiger partial charge in [0.1, 0.15) is 10.4 Å². The third kappa shape index (κ3) is 4.77. The maximum atomic E-state index is 12.9. The first-order valence-electron chi connectivity index (χ1n) is 8.73. The number of carbonyl (C=O) groups is 2. The van der Waals surface area contributed by atoms with Crippen LogP contribution >= 0.6 is 24.0 Å². The molecule has 142 valence electrons. The molecule has 6 heteroatoms. The average Bonchev–Trinajstić information content (AvgIpc) is 2.94. The predicted molar refractivity (Wildman–Crippen MR) is 117 cm³/mol. The van der Waals surface area contributed by atoms with Crippen LogP contribution in [0.15, 0.2) is 77.2 Å². The van der Waals surface area contributed by atoms with E-state index in [-0.39, 0.29) is 16.6 Å². The van der Waals surface area contributed by atoms with Gasteiger partial charge in [-0.15, -0.1) is 0 Å². The van der Waals surface area contributed by atoms with Crippen molar-refractivity contribution in [2.24, 2.45) is 0 Å². The summed E-state index contributed by atoms with van der Waals surface area (Å²) in [5.74, 6) is -1.43. The molecule has 1 aliphatic heterocycles. The van der Waals surface area contributed by atoms with Gasteiger partial charge in [0.15, 0.2) is 0 Å². The van der Waals surface area contributed by atoms with Crippen LogP contribution in [-0.4, -0.2) is 32.2 Å². The third-order valence-corrected chi connectivity index (χ3v) is 5.58. The van der Waals surface area contributed by atoms with Crippen molar-refractivity contribution < 1.29 is 14.7 Å². The number of nitrogens with zero attached hydrogens (tertiary/aromatic N) is 1. The highest BCUT2D eigenvalue weighted by atomic mass is 32.2. The number of carboxylic acids is 1. The molecule has 1 heterocycles. The van der Waals surface area contributed by atoms with Gasteiger partial charge >= 0.3 is 5.97 Å². The molecular weight excluding hydrogens is 390 g/mol. The van der Waals surface area contributed by atoms with Crippen molar-refractivity contribution in [3.63, 3.8) is 0 Å². The molecule has 2 aromatic carbocycles. The smallest absolute Gasteiger partial charge is 0.327 e. The Hall–Kier alpha value is -2.70. The molecule has 3 rings (SSSR count). The van der Waals surface area contributed by atoms with Gasteiger partial charge < -0.3 is 5.11 Å². The second-order valence-corrected chi connectivity index (χ2v) is 8.07. The number of allylic oxidation sites excluding steroid dienone is 2. The minimum Gasteiger partial charge on any atom is -0.480 e. The number of carbonyl (C=O) groups excluding carboxylic acids is 1. The molecule has 2 aromatic rings. The highest BCUT2D eigenvalue weighted by Gasteiger charge is 2.40. The Morgan fingerprint density at radius 2 is 1.75 bits per heavy atom. The van der Waals surface area contributed by atoms with E-state index >= 15 is 0 Å². The molecule has 0 spiro atoms.